The van der Waals surface area contributed by atoms with Crippen LogP contribution in [0.3, 0.4) is 0 Å². The van der Waals surface area contributed by atoms with Crippen LogP contribution in [0.25, 0.3) is 16.7 Å². The average molecular weight is 229 g/mol. The van der Waals surface area contributed by atoms with Crippen molar-refractivity contribution < 1.29 is 0 Å². The fourth-order valence-corrected chi connectivity index (χ4v) is 2.89. The van der Waals surface area contributed by atoms with Crippen molar-refractivity contribution in [2.24, 2.45) is 0 Å². The molecule has 0 spiro atoms. The Bertz CT molecular complexity index is 687. The van der Waals surface area contributed by atoms with Crippen molar-refractivity contribution in [1.29, 1.82) is 0 Å². The van der Waals surface area contributed by atoms with Crippen LogP contribution in [-0.4, -0.2) is 0 Å². The van der Waals surface area contributed by atoms with Crippen molar-refractivity contribution in [3.05, 3.63) is 77.4 Å². The van der Waals surface area contributed by atoms with Crippen LogP contribution in [0.5, 0.6) is 0 Å². The molecule has 85 valence electrons. The molecule has 0 unspecified atom stereocenters. The smallest absolute Gasteiger partial charge is 0.000706 e. The quantitative estimate of drug-likeness (QED) is 0.580. The highest BCUT2D eigenvalue weighted by atomic mass is 14.2. The Morgan fingerprint density at radius 1 is 0.944 bits per heavy atom. The standard InChI is InChI=1S/C18H13/c1-2-6-13(5-1)14-9-10-18-16(11-14)12-15-7-3-4-8-17(15)18/h1-5,7-10H,6,12H2. The lowest BCUT2D eigenvalue weighted by Gasteiger charge is -2.05. The van der Waals surface area contributed by atoms with Gasteiger partial charge in [0.05, 0.1) is 0 Å². The zero-order valence-electron chi connectivity index (χ0n) is 10.1. The van der Waals surface area contributed by atoms with Gasteiger partial charge in [0.25, 0.3) is 0 Å². The third-order valence-corrected chi connectivity index (χ3v) is 3.82. The summed E-state index contributed by atoms with van der Waals surface area (Å²) in [6, 6.07) is 16.7. The van der Waals surface area contributed by atoms with E-state index in [2.05, 4.69) is 60.7 Å². The molecule has 0 amide bonds. The second-order valence-electron chi connectivity index (χ2n) is 4.92. The van der Waals surface area contributed by atoms with E-state index >= 15 is 0 Å². The largest absolute Gasteiger partial charge is 0.0801 e. The summed E-state index contributed by atoms with van der Waals surface area (Å²) in [5.41, 5.74) is 8.16. The molecule has 1 radical (unpaired) electrons. The van der Waals surface area contributed by atoms with Crippen molar-refractivity contribution in [1.82, 2.24) is 0 Å². The van der Waals surface area contributed by atoms with Gasteiger partial charge in [-0.15, -0.1) is 0 Å². The van der Waals surface area contributed by atoms with E-state index in [1.807, 2.05) is 0 Å². The number of benzene rings is 2. The molecule has 0 fully saturated rings. The Morgan fingerprint density at radius 2 is 1.89 bits per heavy atom. The predicted molar refractivity (Wildman–Crippen MR) is 75.3 cm³/mol. The van der Waals surface area contributed by atoms with E-state index in [0.717, 1.165) is 12.8 Å². The number of rotatable bonds is 1. The van der Waals surface area contributed by atoms with E-state index in [1.54, 1.807) is 0 Å². The van der Waals surface area contributed by atoms with Crippen molar-refractivity contribution >= 4 is 5.57 Å². The van der Waals surface area contributed by atoms with Crippen LogP contribution in [0.2, 0.25) is 0 Å². The molecule has 2 aliphatic rings. The first kappa shape index (κ1) is 9.90. The maximum atomic E-state index is 3.61. The van der Waals surface area contributed by atoms with Gasteiger partial charge in [0.1, 0.15) is 0 Å². The average Bonchev–Trinajstić information content (AvgIpc) is 3.05. The summed E-state index contributed by atoms with van der Waals surface area (Å²) in [5, 5.41) is 0. The molecule has 4 rings (SSSR count). The Labute approximate surface area is 107 Å². The molecule has 2 aliphatic carbocycles. The second-order valence-corrected chi connectivity index (χ2v) is 4.92. The molecular weight excluding hydrogens is 216 g/mol. The molecule has 2 aromatic carbocycles. The number of allylic oxidation sites excluding steroid dienone is 4. The van der Waals surface area contributed by atoms with E-state index in [4.69, 9.17) is 0 Å². The summed E-state index contributed by atoms with van der Waals surface area (Å²) < 4.78 is 0. The topological polar surface area (TPSA) is 0 Å². The summed E-state index contributed by atoms with van der Waals surface area (Å²) in [5.74, 6) is 0. The fourth-order valence-electron chi connectivity index (χ4n) is 2.89. The third-order valence-electron chi connectivity index (χ3n) is 3.82. The molecular formula is C18H13. The molecule has 0 atom stereocenters. The molecule has 0 aliphatic heterocycles. The van der Waals surface area contributed by atoms with Gasteiger partial charge in [0.15, 0.2) is 0 Å². The monoisotopic (exact) mass is 229 g/mol. The zero-order valence-corrected chi connectivity index (χ0v) is 10.1. The van der Waals surface area contributed by atoms with Gasteiger partial charge in [0.2, 0.25) is 0 Å². The van der Waals surface area contributed by atoms with Crippen LogP contribution < -0.4 is 0 Å². The first-order valence-electron chi connectivity index (χ1n) is 6.41. The Morgan fingerprint density at radius 3 is 2.78 bits per heavy atom. The van der Waals surface area contributed by atoms with E-state index in [-0.39, 0.29) is 0 Å². The van der Waals surface area contributed by atoms with Gasteiger partial charge < -0.3 is 0 Å². The Kier molecular flexibility index (Phi) is 2.04. The van der Waals surface area contributed by atoms with Gasteiger partial charge in [-0.25, -0.2) is 0 Å². The molecule has 0 nitrogen and oxygen atoms in total. The first-order valence-corrected chi connectivity index (χ1v) is 6.41. The first-order chi connectivity index (χ1) is 8.92. The molecule has 0 N–H and O–H groups in total. The minimum atomic E-state index is 1.03. The lowest BCUT2D eigenvalue weighted by Crippen LogP contribution is -1.86. The summed E-state index contributed by atoms with van der Waals surface area (Å²) in [6.45, 7) is 0. The van der Waals surface area contributed by atoms with Gasteiger partial charge in [-0.3, -0.25) is 0 Å². The third kappa shape index (κ3) is 1.39. The van der Waals surface area contributed by atoms with Crippen molar-refractivity contribution in [2.75, 3.05) is 0 Å². The number of fused-ring (bicyclic) bond motifs is 3. The van der Waals surface area contributed by atoms with Crippen LogP contribution in [0.15, 0.2) is 54.6 Å². The Hall–Kier alpha value is -2.08. The van der Waals surface area contributed by atoms with Crippen LogP contribution in [-0.2, 0) is 6.42 Å². The van der Waals surface area contributed by atoms with Gasteiger partial charge >= 0.3 is 0 Å². The predicted octanol–water partition coefficient (Wildman–Crippen LogP) is 4.40. The maximum Gasteiger partial charge on any atom is -0.000706 e. The van der Waals surface area contributed by atoms with Crippen LogP contribution >= 0.6 is 0 Å². The van der Waals surface area contributed by atoms with Gasteiger partial charge in [-0.2, -0.15) is 0 Å². The second kappa shape index (κ2) is 3.71. The molecule has 0 saturated carbocycles. The highest BCUT2D eigenvalue weighted by molar-refractivity contribution is 5.80. The molecule has 0 bridgehead atoms. The normalized spacial score (nSPS) is 15.4. The SMILES string of the molecule is [c]1c(C2=CC=CC2)ccc2c1Cc1ccccc1-2. The Balaban J connectivity index is 1.82. The summed E-state index contributed by atoms with van der Waals surface area (Å²) in [7, 11) is 0. The maximum absolute atomic E-state index is 3.61. The van der Waals surface area contributed by atoms with Gasteiger partial charge in [-0.05, 0) is 52.3 Å². The number of hydrogen-bond donors (Lipinski definition) is 0. The van der Waals surface area contributed by atoms with Gasteiger partial charge in [-0.1, -0.05) is 54.6 Å². The zero-order chi connectivity index (χ0) is 11.9. The van der Waals surface area contributed by atoms with Crippen LogP contribution in [0.1, 0.15) is 23.1 Å². The van der Waals surface area contributed by atoms with E-state index in [9.17, 15) is 0 Å². The van der Waals surface area contributed by atoms with Crippen molar-refractivity contribution in [3.63, 3.8) is 0 Å². The molecule has 2 aromatic rings. The summed E-state index contributed by atoms with van der Waals surface area (Å²) in [4.78, 5) is 0. The van der Waals surface area contributed by atoms with Crippen LogP contribution in [0, 0.1) is 6.07 Å². The molecule has 0 heteroatoms. The fraction of sp³-hybridized carbons (Fsp3) is 0.111. The van der Waals surface area contributed by atoms with Crippen molar-refractivity contribution in [2.45, 2.75) is 12.8 Å². The lowest BCUT2D eigenvalue weighted by atomic mass is 9.99. The number of hydrogen-bond acceptors (Lipinski definition) is 0. The van der Waals surface area contributed by atoms with Crippen LogP contribution in [0.4, 0.5) is 0 Å². The van der Waals surface area contributed by atoms with E-state index in [0.29, 0.717) is 0 Å². The van der Waals surface area contributed by atoms with E-state index in [1.165, 1.54) is 33.4 Å². The minimum absolute atomic E-state index is 1.03. The highest BCUT2D eigenvalue weighted by Gasteiger charge is 2.18. The summed E-state index contributed by atoms with van der Waals surface area (Å²) in [6.07, 6.45) is 8.60. The van der Waals surface area contributed by atoms with Gasteiger partial charge in [0, 0.05) is 0 Å². The summed E-state index contributed by atoms with van der Waals surface area (Å²) >= 11 is 0. The lowest BCUT2D eigenvalue weighted by molar-refractivity contribution is 1.25. The molecule has 0 aromatic heterocycles. The molecule has 0 heterocycles. The van der Waals surface area contributed by atoms with E-state index < -0.39 is 0 Å². The molecule has 18 heavy (non-hydrogen) atoms. The minimum Gasteiger partial charge on any atom is -0.0801 e. The van der Waals surface area contributed by atoms with Crippen molar-refractivity contribution in [3.8, 4) is 11.1 Å². The molecule has 0 saturated heterocycles. The highest BCUT2D eigenvalue weighted by Crippen LogP contribution is 2.37.